The first-order valence-electron chi connectivity index (χ1n) is 7.95. The summed E-state index contributed by atoms with van der Waals surface area (Å²) in [6, 6.07) is 6.99. The molecule has 3 rings (SSSR count). The number of fused-ring (bicyclic) bond motifs is 1. The van der Waals surface area contributed by atoms with Gasteiger partial charge in [0.25, 0.3) is 0 Å². The normalized spacial score (nSPS) is 12.0. The number of alkyl halides is 3. The van der Waals surface area contributed by atoms with Crippen molar-refractivity contribution >= 4 is 16.8 Å². The highest BCUT2D eigenvalue weighted by atomic mass is 19.4. The van der Waals surface area contributed by atoms with E-state index in [1.165, 1.54) is 0 Å². The van der Waals surface area contributed by atoms with Crippen LogP contribution < -0.4 is 4.74 Å². The standard InChI is InChI=1S/C19H16F3NO3/c1-10(2)17(24)18-11(3)14-8-13(5-6-15(14)26-18)25-16-7-4-12(9-23-16)19(20,21)22/h4-10H,1-3H3. The number of hydrogen-bond acceptors (Lipinski definition) is 4. The van der Waals surface area contributed by atoms with Gasteiger partial charge in [0, 0.05) is 29.1 Å². The molecule has 0 N–H and O–H groups in total. The molecule has 0 atom stereocenters. The van der Waals surface area contributed by atoms with E-state index in [0.29, 0.717) is 28.0 Å². The van der Waals surface area contributed by atoms with Gasteiger partial charge in [-0.2, -0.15) is 13.2 Å². The molecule has 0 aliphatic heterocycles. The Morgan fingerprint density at radius 1 is 1.19 bits per heavy atom. The lowest BCUT2D eigenvalue weighted by Gasteiger charge is -2.08. The quantitative estimate of drug-likeness (QED) is 0.551. The molecule has 2 heterocycles. The van der Waals surface area contributed by atoms with E-state index in [1.807, 2.05) is 0 Å². The fourth-order valence-electron chi connectivity index (χ4n) is 2.49. The Bertz CT molecular complexity index is 957. The van der Waals surface area contributed by atoms with Gasteiger partial charge in [0.1, 0.15) is 11.3 Å². The lowest BCUT2D eigenvalue weighted by atomic mass is 10.0. The zero-order valence-electron chi connectivity index (χ0n) is 14.3. The van der Waals surface area contributed by atoms with Crippen LogP contribution in [0.5, 0.6) is 11.6 Å². The Hall–Kier alpha value is -2.83. The number of carbonyl (C=O) groups excluding carboxylic acids is 1. The molecule has 0 fully saturated rings. The van der Waals surface area contributed by atoms with E-state index in [-0.39, 0.29) is 17.6 Å². The van der Waals surface area contributed by atoms with Gasteiger partial charge < -0.3 is 9.15 Å². The van der Waals surface area contributed by atoms with Crippen LogP contribution in [0.3, 0.4) is 0 Å². The minimum atomic E-state index is -4.45. The molecule has 0 saturated heterocycles. The Labute approximate surface area is 147 Å². The number of carbonyl (C=O) groups is 1. The monoisotopic (exact) mass is 363 g/mol. The van der Waals surface area contributed by atoms with Crippen LogP contribution in [0.1, 0.15) is 35.5 Å². The average Bonchev–Trinajstić information content (AvgIpc) is 2.90. The van der Waals surface area contributed by atoms with Gasteiger partial charge in [-0.3, -0.25) is 4.79 Å². The van der Waals surface area contributed by atoms with Gasteiger partial charge in [0.15, 0.2) is 5.76 Å². The van der Waals surface area contributed by atoms with E-state index in [4.69, 9.17) is 9.15 Å². The Morgan fingerprint density at radius 3 is 2.50 bits per heavy atom. The van der Waals surface area contributed by atoms with Crippen LogP contribution in [0.4, 0.5) is 13.2 Å². The van der Waals surface area contributed by atoms with Crippen LogP contribution in [0, 0.1) is 12.8 Å². The van der Waals surface area contributed by atoms with Crippen LogP contribution in [0.15, 0.2) is 40.9 Å². The second kappa shape index (κ2) is 6.48. The van der Waals surface area contributed by atoms with Gasteiger partial charge in [-0.25, -0.2) is 4.98 Å². The minimum absolute atomic E-state index is 0.0389. The average molecular weight is 363 g/mol. The summed E-state index contributed by atoms with van der Waals surface area (Å²) >= 11 is 0. The number of ketones is 1. The van der Waals surface area contributed by atoms with Gasteiger partial charge in [-0.1, -0.05) is 13.8 Å². The van der Waals surface area contributed by atoms with Crippen LogP contribution in [-0.4, -0.2) is 10.8 Å². The highest BCUT2D eigenvalue weighted by Crippen LogP contribution is 2.33. The summed E-state index contributed by atoms with van der Waals surface area (Å²) < 4.78 is 48.9. The van der Waals surface area contributed by atoms with Crippen molar-refractivity contribution < 1.29 is 27.1 Å². The van der Waals surface area contributed by atoms with Crippen molar-refractivity contribution in [1.29, 1.82) is 0 Å². The van der Waals surface area contributed by atoms with Gasteiger partial charge >= 0.3 is 6.18 Å². The summed E-state index contributed by atoms with van der Waals surface area (Å²) in [6.07, 6.45) is -3.73. The zero-order valence-corrected chi connectivity index (χ0v) is 14.3. The molecule has 0 unspecified atom stereocenters. The number of aromatic nitrogens is 1. The molecule has 0 bridgehead atoms. The van der Waals surface area contributed by atoms with Crippen molar-refractivity contribution in [3.8, 4) is 11.6 Å². The molecular weight excluding hydrogens is 347 g/mol. The number of aryl methyl sites for hydroxylation is 1. The largest absolute Gasteiger partial charge is 0.453 e. The van der Waals surface area contributed by atoms with Crippen molar-refractivity contribution in [1.82, 2.24) is 4.98 Å². The van der Waals surface area contributed by atoms with E-state index in [1.54, 1.807) is 39.0 Å². The minimum Gasteiger partial charge on any atom is -0.453 e. The molecule has 0 spiro atoms. The Morgan fingerprint density at radius 2 is 1.92 bits per heavy atom. The van der Waals surface area contributed by atoms with E-state index in [0.717, 1.165) is 18.3 Å². The van der Waals surface area contributed by atoms with Crippen LogP contribution in [0.2, 0.25) is 0 Å². The molecule has 0 aliphatic carbocycles. The highest BCUT2D eigenvalue weighted by Gasteiger charge is 2.30. The Balaban J connectivity index is 1.90. The first-order valence-corrected chi connectivity index (χ1v) is 7.95. The van der Waals surface area contributed by atoms with E-state index >= 15 is 0 Å². The number of benzene rings is 1. The lowest BCUT2D eigenvalue weighted by Crippen LogP contribution is -2.07. The fraction of sp³-hybridized carbons (Fsp3) is 0.263. The SMILES string of the molecule is Cc1c(C(=O)C(C)C)oc2ccc(Oc3ccc(C(F)(F)F)cn3)cc12. The van der Waals surface area contributed by atoms with Crippen molar-refractivity contribution in [2.24, 2.45) is 5.92 Å². The first-order chi connectivity index (χ1) is 12.2. The third-order valence-electron chi connectivity index (χ3n) is 3.94. The molecule has 0 amide bonds. The molecular formula is C19H16F3NO3. The number of ether oxygens (including phenoxy) is 1. The lowest BCUT2D eigenvalue weighted by molar-refractivity contribution is -0.137. The second-order valence-electron chi connectivity index (χ2n) is 6.22. The second-order valence-corrected chi connectivity index (χ2v) is 6.22. The number of halogens is 3. The van der Waals surface area contributed by atoms with E-state index in [9.17, 15) is 18.0 Å². The molecule has 0 radical (unpaired) electrons. The third kappa shape index (κ3) is 3.42. The summed E-state index contributed by atoms with van der Waals surface area (Å²) in [5.41, 5.74) is 0.395. The van der Waals surface area contributed by atoms with Crippen LogP contribution >= 0.6 is 0 Å². The van der Waals surface area contributed by atoms with Crippen molar-refractivity contribution in [2.75, 3.05) is 0 Å². The molecule has 2 aromatic heterocycles. The van der Waals surface area contributed by atoms with Crippen LogP contribution in [0.25, 0.3) is 11.0 Å². The first kappa shape index (κ1) is 18.0. The van der Waals surface area contributed by atoms with E-state index < -0.39 is 11.7 Å². The van der Waals surface area contributed by atoms with Crippen molar-refractivity contribution in [3.63, 3.8) is 0 Å². The number of pyridine rings is 1. The van der Waals surface area contributed by atoms with E-state index in [2.05, 4.69) is 4.98 Å². The summed E-state index contributed by atoms with van der Waals surface area (Å²) in [7, 11) is 0. The smallest absolute Gasteiger partial charge is 0.417 e. The maximum atomic E-state index is 12.6. The Kier molecular flexibility index (Phi) is 4.48. The summed E-state index contributed by atoms with van der Waals surface area (Å²) in [6.45, 7) is 5.36. The highest BCUT2D eigenvalue weighted by molar-refractivity contribution is 6.01. The molecule has 136 valence electrons. The predicted molar refractivity (Wildman–Crippen MR) is 89.4 cm³/mol. The van der Waals surface area contributed by atoms with Crippen molar-refractivity contribution in [2.45, 2.75) is 26.9 Å². The summed E-state index contributed by atoms with van der Waals surface area (Å²) in [4.78, 5) is 15.9. The van der Waals surface area contributed by atoms with Gasteiger partial charge in [0.05, 0.1) is 5.56 Å². The maximum absolute atomic E-state index is 12.6. The third-order valence-corrected chi connectivity index (χ3v) is 3.94. The zero-order chi connectivity index (χ0) is 19.1. The number of furan rings is 1. The molecule has 0 aliphatic rings. The fourth-order valence-corrected chi connectivity index (χ4v) is 2.49. The number of rotatable bonds is 4. The molecule has 1 aromatic carbocycles. The molecule has 4 nitrogen and oxygen atoms in total. The summed E-state index contributed by atoms with van der Waals surface area (Å²) in [5, 5.41) is 0.707. The number of Topliss-reactive ketones (excluding diaryl/α,β-unsaturated/α-hetero) is 1. The van der Waals surface area contributed by atoms with Gasteiger partial charge in [0.2, 0.25) is 11.7 Å². The predicted octanol–water partition coefficient (Wildman–Crippen LogP) is 5.79. The van der Waals surface area contributed by atoms with Crippen LogP contribution in [-0.2, 0) is 6.18 Å². The molecule has 0 saturated carbocycles. The molecule has 3 aromatic rings. The maximum Gasteiger partial charge on any atom is 0.417 e. The number of hydrogen-bond donors (Lipinski definition) is 0. The van der Waals surface area contributed by atoms with Gasteiger partial charge in [-0.15, -0.1) is 0 Å². The number of nitrogens with zero attached hydrogens (tertiary/aromatic N) is 1. The van der Waals surface area contributed by atoms with Gasteiger partial charge in [-0.05, 0) is 31.2 Å². The molecule has 26 heavy (non-hydrogen) atoms. The van der Waals surface area contributed by atoms with Crippen molar-refractivity contribution in [3.05, 3.63) is 53.4 Å². The summed E-state index contributed by atoms with van der Waals surface area (Å²) in [5.74, 6) is 0.445. The molecule has 7 heteroatoms. The topological polar surface area (TPSA) is 52.3 Å².